The standard InChI is InChI=1S/C22H29ClN4O6S/c1-22(2,3)33-20(29)26-31-11-10-24-14-4-6-15(7-5-14)27-13-16(32-21(27)30)12-25-19(28)17-8-9-18(23)34-17/h4-6,8-9,15-16,24H,7,10-13H2,1-3H3,(H,25,28)(H,26,29)/t15?,16-/m0/s1. The second kappa shape index (κ2) is 11.6. The minimum atomic E-state index is -0.640. The molecule has 1 aliphatic heterocycles. The van der Waals surface area contributed by atoms with Crippen LogP contribution in [-0.2, 0) is 14.3 Å². The molecule has 0 aromatic carbocycles. The minimum absolute atomic E-state index is 0.125. The highest BCUT2D eigenvalue weighted by Gasteiger charge is 2.35. The van der Waals surface area contributed by atoms with Gasteiger partial charge in [-0.1, -0.05) is 23.8 Å². The number of nitrogens with one attached hydrogen (secondary N) is 3. The topological polar surface area (TPSA) is 118 Å². The average molecular weight is 513 g/mol. The lowest BCUT2D eigenvalue weighted by atomic mass is 10.1. The van der Waals surface area contributed by atoms with Gasteiger partial charge < -0.3 is 20.1 Å². The molecule has 0 saturated carbocycles. The van der Waals surface area contributed by atoms with Gasteiger partial charge in [0.1, 0.15) is 11.7 Å². The van der Waals surface area contributed by atoms with E-state index in [1.165, 1.54) is 11.3 Å². The Morgan fingerprint density at radius 1 is 1.32 bits per heavy atom. The van der Waals surface area contributed by atoms with Crippen LogP contribution in [0.15, 0.2) is 36.1 Å². The highest BCUT2D eigenvalue weighted by atomic mass is 35.5. The summed E-state index contributed by atoms with van der Waals surface area (Å²) in [5.74, 6) is -0.243. The zero-order chi connectivity index (χ0) is 24.7. The molecule has 12 heteroatoms. The van der Waals surface area contributed by atoms with E-state index in [-0.39, 0.29) is 25.1 Å². The van der Waals surface area contributed by atoms with Gasteiger partial charge in [0.25, 0.3) is 5.91 Å². The summed E-state index contributed by atoms with van der Waals surface area (Å²) in [6.45, 7) is 6.65. The van der Waals surface area contributed by atoms with E-state index in [1.807, 2.05) is 18.2 Å². The number of thiophene rings is 1. The van der Waals surface area contributed by atoms with Gasteiger partial charge in [0.05, 0.1) is 35.0 Å². The van der Waals surface area contributed by atoms with E-state index in [9.17, 15) is 14.4 Å². The molecular weight excluding hydrogens is 484 g/mol. The lowest BCUT2D eigenvalue weighted by Crippen LogP contribution is -2.38. The molecule has 3 amide bonds. The molecule has 1 fully saturated rings. The third-order valence-electron chi connectivity index (χ3n) is 4.75. The number of carbonyl (C=O) groups excluding carboxylic acids is 3. The van der Waals surface area contributed by atoms with Crippen molar-refractivity contribution in [3.8, 4) is 0 Å². The van der Waals surface area contributed by atoms with Crippen molar-refractivity contribution in [3.05, 3.63) is 45.3 Å². The Kier molecular flexibility index (Phi) is 8.81. The number of hydroxylamine groups is 1. The normalized spacial score (nSPS) is 19.9. The number of hydrogen-bond acceptors (Lipinski definition) is 8. The summed E-state index contributed by atoms with van der Waals surface area (Å²) in [5, 5.41) is 5.97. The Balaban J connectivity index is 1.34. The minimum Gasteiger partial charge on any atom is -0.442 e. The second-order valence-electron chi connectivity index (χ2n) is 8.67. The largest absolute Gasteiger partial charge is 0.442 e. The summed E-state index contributed by atoms with van der Waals surface area (Å²) in [5.41, 5.74) is 2.53. The molecule has 2 heterocycles. The van der Waals surface area contributed by atoms with Crippen molar-refractivity contribution in [2.45, 2.75) is 44.9 Å². The van der Waals surface area contributed by atoms with Crippen LogP contribution in [0.5, 0.6) is 0 Å². The van der Waals surface area contributed by atoms with Gasteiger partial charge in [-0.3, -0.25) is 14.5 Å². The molecule has 3 N–H and O–H groups in total. The number of halogens is 1. The first-order valence-electron chi connectivity index (χ1n) is 10.8. The summed E-state index contributed by atoms with van der Waals surface area (Å²) in [4.78, 5) is 43.2. The fourth-order valence-corrected chi connectivity index (χ4v) is 4.23. The van der Waals surface area contributed by atoms with Crippen LogP contribution in [0.25, 0.3) is 0 Å². The van der Waals surface area contributed by atoms with Gasteiger partial charge in [-0.15, -0.1) is 11.3 Å². The third-order valence-corrected chi connectivity index (χ3v) is 5.98. The molecule has 1 unspecified atom stereocenters. The van der Waals surface area contributed by atoms with Crippen molar-refractivity contribution in [3.63, 3.8) is 0 Å². The van der Waals surface area contributed by atoms with Crippen LogP contribution in [0.1, 0.15) is 36.9 Å². The number of allylic oxidation sites excluding steroid dienone is 1. The van der Waals surface area contributed by atoms with Gasteiger partial charge in [0.15, 0.2) is 0 Å². The molecule has 1 aromatic rings. The summed E-state index contributed by atoms with van der Waals surface area (Å²) < 4.78 is 11.0. The predicted octanol–water partition coefficient (Wildman–Crippen LogP) is 3.21. The highest BCUT2D eigenvalue weighted by molar-refractivity contribution is 7.18. The molecule has 2 aliphatic rings. The smallest absolute Gasteiger partial charge is 0.431 e. The van der Waals surface area contributed by atoms with Crippen molar-refractivity contribution in [2.24, 2.45) is 0 Å². The Hall–Kier alpha value is -2.76. The molecule has 34 heavy (non-hydrogen) atoms. The molecule has 10 nitrogen and oxygen atoms in total. The molecule has 1 aromatic heterocycles. The van der Waals surface area contributed by atoms with E-state index in [1.54, 1.807) is 37.8 Å². The van der Waals surface area contributed by atoms with E-state index in [0.29, 0.717) is 28.7 Å². The van der Waals surface area contributed by atoms with E-state index >= 15 is 0 Å². The number of hydrogen-bond donors (Lipinski definition) is 3. The maximum atomic E-state index is 12.3. The van der Waals surface area contributed by atoms with Gasteiger partial charge in [0, 0.05) is 12.2 Å². The van der Waals surface area contributed by atoms with Crippen molar-refractivity contribution in [1.29, 1.82) is 0 Å². The van der Waals surface area contributed by atoms with Gasteiger partial charge in [-0.2, -0.15) is 5.48 Å². The highest BCUT2D eigenvalue weighted by Crippen LogP contribution is 2.23. The SMILES string of the molecule is CC(C)(C)OC(=O)NOCCNC1=CCC(N2C[C@H](CNC(=O)c3ccc(Cl)s3)OC2=O)C=C1. The lowest BCUT2D eigenvalue weighted by molar-refractivity contribution is -0.00636. The van der Waals surface area contributed by atoms with Gasteiger partial charge in [-0.05, 0) is 45.4 Å². The van der Waals surface area contributed by atoms with Crippen LogP contribution >= 0.6 is 22.9 Å². The quantitative estimate of drug-likeness (QED) is 0.343. The molecule has 2 atom stereocenters. The Bertz CT molecular complexity index is 957. The van der Waals surface area contributed by atoms with Crippen LogP contribution in [-0.4, -0.2) is 67.0 Å². The van der Waals surface area contributed by atoms with Gasteiger partial charge in [0.2, 0.25) is 0 Å². The van der Waals surface area contributed by atoms with Gasteiger partial charge >= 0.3 is 12.2 Å². The van der Waals surface area contributed by atoms with E-state index < -0.39 is 23.9 Å². The van der Waals surface area contributed by atoms with Crippen LogP contribution in [0.4, 0.5) is 9.59 Å². The number of rotatable bonds is 9. The van der Waals surface area contributed by atoms with Crippen LogP contribution in [0.3, 0.4) is 0 Å². The van der Waals surface area contributed by atoms with Crippen molar-refractivity contribution in [1.82, 2.24) is 21.0 Å². The zero-order valence-corrected chi connectivity index (χ0v) is 20.8. The predicted molar refractivity (Wildman–Crippen MR) is 128 cm³/mol. The van der Waals surface area contributed by atoms with Crippen LogP contribution in [0, 0.1) is 0 Å². The molecule has 1 saturated heterocycles. The number of cyclic esters (lactones) is 1. The lowest BCUT2D eigenvalue weighted by Gasteiger charge is -2.25. The maximum Gasteiger partial charge on any atom is 0.431 e. The first-order chi connectivity index (χ1) is 16.1. The van der Waals surface area contributed by atoms with Crippen molar-refractivity contribution in [2.75, 3.05) is 26.2 Å². The first-order valence-corrected chi connectivity index (χ1v) is 12.0. The maximum absolute atomic E-state index is 12.3. The number of nitrogens with zero attached hydrogens (tertiary/aromatic N) is 1. The van der Waals surface area contributed by atoms with E-state index in [4.69, 9.17) is 25.9 Å². The van der Waals surface area contributed by atoms with Crippen molar-refractivity contribution < 1.29 is 28.7 Å². The Labute approximate surface area is 207 Å². The number of ether oxygens (including phenoxy) is 2. The Morgan fingerprint density at radius 3 is 2.76 bits per heavy atom. The fourth-order valence-electron chi connectivity index (χ4n) is 3.28. The number of carbonyl (C=O) groups is 3. The van der Waals surface area contributed by atoms with Crippen LogP contribution < -0.4 is 16.1 Å². The second-order valence-corrected chi connectivity index (χ2v) is 10.4. The third kappa shape index (κ3) is 7.93. The monoisotopic (exact) mass is 512 g/mol. The number of amides is 3. The van der Waals surface area contributed by atoms with Crippen LogP contribution in [0.2, 0.25) is 4.34 Å². The Morgan fingerprint density at radius 2 is 2.12 bits per heavy atom. The fraction of sp³-hybridized carbons (Fsp3) is 0.500. The average Bonchev–Trinajstić information content (AvgIpc) is 3.36. The molecule has 3 rings (SSSR count). The molecular formula is C22H29ClN4O6S. The van der Waals surface area contributed by atoms with Gasteiger partial charge in [-0.25, -0.2) is 9.59 Å². The van der Waals surface area contributed by atoms with E-state index in [0.717, 1.165) is 5.70 Å². The molecule has 0 bridgehead atoms. The molecule has 0 radical (unpaired) electrons. The molecule has 186 valence electrons. The van der Waals surface area contributed by atoms with E-state index in [2.05, 4.69) is 16.1 Å². The zero-order valence-electron chi connectivity index (χ0n) is 19.3. The molecule has 1 aliphatic carbocycles. The summed E-state index contributed by atoms with van der Waals surface area (Å²) in [6, 6.07) is 3.20. The van der Waals surface area contributed by atoms with Crippen molar-refractivity contribution >= 4 is 41.0 Å². The molecule has 0 spiro atoms. The summed E-state index contributed by atoms with van der Waals surface area (Å²) in [6.07, 6.45) is 4.96. The summed E-state index contributed by atoms with van der Waals surface area (Å²) in [7, 11) is 0. The summed E-state index contributed by atoms with van der Waals surface area (Å²) >= 11 is 7.06. The first kappa shape index (κ1) is 25.9.